The molecule has 0 aliphatic carbocycles. The van der Waals surface area contributed by atoms with Crippen molar-refractivity contribution in [2.45, 2.75) is 12.8 Å². The molecule has 108 valence electrons. The van der Waals surface area contributed by atoms with Gasteiger partial charge in [-0.15, -0.1) is 0 Å². The Morgan fingerprint density at radius 1 is 1.29 bits per heavy atom. The number of carbonyl (C=O) groups excluding carboxylic acids is 2. The van der Waals surface area contributed by atoms with E-state index in [-0.39, 0.29) is 11.7 Å². The summed E-state index contributed by atoms with van der Waals surface area (Å²) in [4.78, 5) is 27.4. The second-order valence-corrected chi connectivity index (χ2v) is 4.94. The molecule has 21 heavy (non-hydrogen) atoms. The van der Waals surface area contributed by atoms with Gasteiger partial charge in [0.2, 0.25) is 5.91 Å². The molecule has 6 heteroatoms. The Bertz CT molecular complexity index is 688. The maximum absolute atomic E-state index is 12.2. The number of primary amides is 1. The maximum atomic E-state index is 12.2. The molecule has 1 atom stereocenters. The van der Waals surface area contributed by atoms with Gasteiger partial charge in [-0.3, -0.25) is 9.59 Å². The first-order valence-electron chi connectivity index (χ1n) is 6.30. The van der Waals surface area contributed by atoms with Crippen LogP contribution in [0.2, 0.25) is 5.02 Å². The van der Waals surface area contributed by atoms with Crippen molar-refractivity contribution in [2.75, 3.05) is 5.32 Å². The molecule has 0 saturated heterocycles. The summed E-state index contributed by atoms with van der Waals surface area (Å²) in [6.07, 6.45) is 1.53. The van der Waals surface area contributed by atoms with Crippen LogP contribution < -0.4 is 11.1 Å². The number of hydrogen-bond donors (Lipinski definition) is 2. The lowest BCUT2D eigenvalue weighted by atomic mass is 9.98. The highest BCUT2D eigenvalue weighted by Gasteiger charge is 2.14. The highest BCUT2D eigenvalue weighted by Crippen LogP contribution is 2.20. The molecule has 0 aliphatic rings. The van der Waals surface area contributed by atoms with Gasteiger partial charge < -0.3 is 11.1 Å². The summed E-state index contributed by atoms with van der Waals surface area (Å²) in [6.45, 7) is 1.69. The van der Waals surface area contributed by atoms with Crippen molar-refractivity contribution in [2.24, 2.45) is 5.73 Å². The molecular weight excluding hydrogens is 290 g/mol. The molecule has 1 aromatic heterocycles. The van der Waals surface area contributed by atoms with Crippen LogP contribution in [0.1, 0.15) is 28.8 Å². The van der Waals surface area contributed by atoms with Crippen molar-refractivity contribution >= 4 is 29.2 Å². The minimum absolute atomic E-state index is 0.289. The summed E-state index contributed by atoms with van der Waals surface area (Å²) in [7, 11) is 0. The van der Waals surface area contributed by atoms with E-state index in [1.807, 2.05) is 0 Å². The Morgan fingerprint density at radius 3 is 2.71 bits per heavy atom. The highest BCUT2D eigenvalue weighted by atomic mass is 35.5. The third-order valence-corrected chi connectivity index (χ3v) is 3.37. The predicted molar refractivity (Wildman–Crippen MR) is 81.3 cm³/mol. The van der Waals surface area contributed by atoms with Gasteiger partial charge in [0.05, 0.1) is 10.9 Å². The largest absolute Gasteiger partial charge is 0.369 e. The minimum Gasteiger partial charge on any atom is -0.369 e. The molecule has 1 unspecified atom stereocenters. The SMILES string of the molecule is CC(C(N)=O)c1cccc(C(=O)Nc2ncccc2Cl)c1. The number of halogens is 1. The van der Waals surface area contributed by atoms with Crippen LogP contribution in [0.4, 0.5) is 5.82 Å². The summed E-state index contributed by atoms with van der Waals surface area (Å²) in [6, 6.07) is 10.0. The summed E-state index contributed by atoms with van der Waals surface area (Å²) in [5, 5.41) is 2.98. The maximum Gasteiger partial charge on any atom is 0.256 e. The molecule has 2 rings (SSSR count). The van der Waals surface area contributed by atoms with Crippen molar-refractivity contribution in [1.82, 2.24) is 4.98 Å². The van der Waals surface area contributed by atoms with Gasteiger partial charge in [0.1, 0.15) is 0 Å². The van der Waals surface area contributed by atoms with E-state index >= 15 is 0 Å². The van der Waals surface area contributed by atoms with Crippen molar-refractivity contribution in [3.05, 3.63) is 58.7 Å². The second-order valence-electron chi connectivity index (χ2n) is 4.54. The summed E-state index contributed by atoms with van der Waals surface area (Å²) < 4.78 is 0. The molecule has 1 heterocycles. The lowest BCUT2D eigenvalue weighted by molar-refractivity contribution is -0.119. The number of pyridine rings is 1. The van der Waals surface area contributed by atoms with Crippen LogP contribution in [0.5, 0.6) is 0 Å². The van der Waals surface area contributed by atoms with Crippen LogP contribution in [0.3, 0.4) is 0 Å². The minimum atomic E-state index is -0.462. The molecule has 0 spiro atoms. The number of nitrogens with zero attached hydrogens (tertiary/aromatic N) is 1. The first kappa shape index (κ1) is 15.0. The number of rotatable bonds is 4. The summed E-state index contributed by atoms with van der Waals surface area (Å²) >= 11 is 5.94. The molecule has 1 aromatic carbocycles. The second kappa shape index (κ2) is 6.37. The third-order valence-electron chi connectivity index (χ3n) is 3.07. The van der Waals surface area contributed by atoms with Gasteiger partial charge in [0.15, 0.2) is 5.82 Å². The van der Waals surface area contributed by atoms with Crippen LogP contribution in [-0.4, -0.2) is 16.8 Å². The zero-order chi connectivity index (χ0) is 15.4. The lowest BCUT2D eigenvalue weighted by Crippen LogP contribution is -2.19. The van der Waals surface area contributed by atoms with E-state index in [0.717, 1.165) is 0 Å². The van der Waals surface area contributed by atoms with Gasteiger partial charge in [-0.2, -0.15) is 0 Å². The molecule has 5 nitrogen and oxygen atoms in total. The molecule has 2 amide bonds. The van der Waals surface area contributed by atoms with E-state index in [1.54, 1.807) is 43.3 Å². The van der Waals surface area contributed by atoms with E-state index in [4.69, 9.17) is 17.3 Å². The third kappa shape index (κ3) is 3.58. The zero-order valence-electron chi connectivity index (χ0n) is 11.3. The monoisotopic (exact) mass is 303 g/mol. The highest BCUT2D eigenvalue weighted by molar-refractivity contribution is 6.33. The molecule has 0 fully saturated rings. The molecule has 0 radical (unpaired) electrons. The van der Waals surface area contributed by atoms with Crippen LogP contribution in [0.25, 0.3) is 0 Å². The van der Waals surface area contributed by atoms with E-state index in [2.05, 4.69) is 10.3 Å². The fraction of sp³-hybridized carbons (Fsp3) is 0.133. The van der Waals surface area contributed by atoms with Crippen LogP contribution in [-0.2, 0) is 4.79 Å². The van der Waals surface area contributed by atoms with Gasteiger partial charge in [-0.05, 0) is 36.8 Å². The summed E-state index contributed by atoms with van der Waals surface area (Å²) in [5.74, 6) is -0.969. The Hall–Kier alpha value is -2.40. The van der Waals surface area contributed by atoms with Crippen LogP contribution in [0.15, 0.2) is 42.6 Å². The predicted octanol–water partition coefficient (Wildman–Crippen LogP) is 2.58. The van der Waals surface area contributed by atoms with Gasteiger partial charge in [-0.25, -0.2) is 4.98 Å². The van der Waals surface area contributed by atoms with E-state index in [9.17, 15) is 9.59 Å². The van der Waals surface area contributed by atoms with E-state index < -0.39 is 11.8 Å². The normalized spacial score (nSPS) is 11.7. The quantitative estimate of drug-likeness (QED) is 0.910. The fourth-order valence-corrected chi connectivity index (χ4v) is 1.94. The first-order valence-corrected chi connectivity index (χ1v) is 6.68. The zero-order valence-corrected chi connectivity index (χ0v) is 12.1. The molecule has 3 N–H and O–H groups in total. The number of aromatic nitrogens is 1. The van der Waals surface area contributed by atoms with E-state index in [1.165, 1.54) is 6.20 Å². The number of carbonyl (C=O) groups is 2. The Labute approximate surface area is 127 Å². The number of nitrogens with one attached hydrogen (secondary N) is 1. The van der Waals surface area contributed by atoms with Crippen molar-refractivity contribution in [3.63, 3.8) is 0 Å². The number of nitrogens with two attached hydrogens (primary N) is 1. The van der Waals surface area contributed by atoms with Crippen LogP contribution in [0, 0.1) is 0 Å². The molecular formula is C15H14ClN3O2. The average Bonchev–Trinajstić information content (AvgIpc) is 2.48. The number of hydrogen-bond acceptors (Lipinski definition) is 3. The van der Waals surface area contributed by atoms with Crippen LogP contribution >= 0.6 is 11.6 Å². The number of benzene rings is 1. The van der Waals surface area contributed by atoms with E-state index in [0.29, 0.717) is 16.1 Å². The van der Waals surface area contributed by atoms with Crippen molar-refractivity contribution < 1.29 is 9.59 Å². The standard InChI is InChI=1S/C15H14ClN3O2/c1-9(13(17)20)10-4-2-5-11(8-10)15(21)19-14-12(16)6-3-7-18-14/h2-9H,1H3,(H2,17,20)(H,18,19,21). The molecule has 0 bridgehead atoms. The Morgan fingerprint density at radius 2 is 2.05 bits per heavy atom. The van der Waals surface area contributed by atoms with Gasteiger partial charge in [0, 0.05) is 11.8 Å². The van der Waals surface area contributed by atoms with Crippen molar-refractivity contribution in [1.29, 1.82) is 0 Å². The Kier molecular flexibility index (Phi) is 4.55. The fourth-order valence-electron chi connectivity index (χ4n) is 1.77. The number of anilines is 1. The van der Waals surface area contributed by atoms with Gasteiger partial charge >= 0.3 is 0 Å². The smallest absolute Gasteiger partial charge is 0.256 e. The topological polar surface area (TPSA) is 85.1 Å². The molecule has 0 aliphatic heterocycles. The molecule has 2 aromatic rings. The van der Waals surface area contributed by atoms with Crippen molar-refractivity contribution in [3.8, 4) is 0 Å². The van der Waals surface area contributed by atoms with Gasteiger partial charge in [0.25, 0.3) is 5.91 Å². The molecule has 0 saturated carbocycles. The lowest BCUT2D eigenvalue weighted by Gasteiger charge is -2.10. The Balaban J connectivity index is 2.22. The first-order chi connectivity index (χ1) is 9.99. The number of amides is 2. The summed E-state index contributed by atoms with van der Waals surface area (Å²) in [5.41, 5.74) is 6.36. The average molecular weight is 304 g/mol. The van der Waals surface area contributed by atoms with Gasteiger partial charge in [-0.1, -0.05) is 23.7 Å².